The number of hydrogen-bond donors (Lipinski definition) is 2. The molecular formula is C13H19ClFN3O. The summed E-state index contributed by atoms with van der Waals surface area (Å²) in [6.07, 6.45) is 0.446. The summed E-state index contributed by atoms with van der Waals surface area (Å²) in [6.45, 7) is 5.19. The first-order chi connectivity index (χ1) is 8.93. The second kappa shape index (κ2) is 7.31. The maximum Gasteiger partial charge on any atom is 0.140 e. The number of rotatable bonds is 6. The van der Waals surface area contributed by atoms with Crippen LogP contribution in [0.1, 0.15) is 25.8 Å². The molecule has 1 aromatic carbocycles. The summed E-state index contributed by atoms with van der Waals surface area (Å²) >= 11 is 6.05. The number of nitrogens with two attached hydrogens (primary N) is 1. The van der Waals surface area contributed by atoms with Crippen LogP contribution in [0.15, 0.2) is 23.4 Å². The molecular weight excluding hydrogens is 269 g/mol. The summed E-state index contributed by atoms with van der Waals surface area (Å²) < 4.78 is 13.2. The molecule has 0 spiro atoms. The summed E-state index contributed by atoms with van der Waals surface area (Å²) in [7, 11) is 0. The SMILES string of the molecule is CC(C)N(CC/C(N)=N/O)Cc1cc(F)ccc1Cl. The molecule has 0 aromatic heterocycles. The van der Waals surface area contributed by atoms with E-state index in [9.17, 15) is 4.39 Å². The molecule has 0 saturated heterocycles. The van der Waals surface area contributed by atoms with Crippen molar-refractivity contribution >= 4 is 17.4 Å². The zero-order chi connectivity index (χ0) is 14.4. The molecule has 0 aliphatic carbocycles. The Morgan fingerprint density at radius 1 is 1.53 bits per heavy atom. The van der Waals surface area contributed by atoms with E-state index in [0.717, 1.165) is 5.56 Å². The molecule has 1 aromatic rings. The highest BCUT2D eigenvalue weighted by molar-refractivity contribution is 6.31. The van der Waals surface area contributed by atoms with E-state index in [4.69, 9.17) is 22.5 Å². The van der Waals surface area contributed by atoms with Gasteiger partial charge in [-0.3, -0.25) is 4.90 Å². The zero-order valence-electron chi connectivity index (χ0n) is 11.1. The van der Waals surface area contributed by atoms with Gasteiger partial charge < -0.3 is 10.9 Å². The first-order valence-electron chi connectivity index (χ1n) is 6.08. The van der Waals surface area contributed by atoms with Gasteiger partial charge in [0.2, 0.25) is 0 Å². The van der Waals surface area contributed by atoms with Crippen molar-refractivity contribution in [3.63, 3.8) is 0 Å². The van der Waals surface area contributed by atoms with Crippen LogP contribution in [-0.4, -0.2) is 28.5 Å². The van der Waals surface area contributed by atoms with Gasteiger partial charge in [-0.2, -0.15) is 0 Å². The second-order valence-corrected chi connectivity index (χ2v) is 5.05. The molecule has 0 amide bonds. The normalized spacial score (nSPS) is 12.4. The van der Waals surface area contributed by atoms with Crippen molar-refractivity contribution in [2.45, 2.75) is 32.9 Å². The van der Waals surface area contributed by atoms with Crippen LogP contribution in [0.25, 0.3) is 0 Å². The molecule has 1 rings (SSSR count). The molecule has 4 nitrogen and oxygen atoms in total. The molecule has 0 unspecified atom stereocenters. The maximum atomic E-state index is 13.2. The summed E-state index contributed by atoms with van der Waals surface area (Å²) in [5.74, 6) is -0.129. The lowest BCUT2D eigenvalue weighted by molar-refractivity contribution is 0.217. The van der Waals surface area contributed by atoms with Crippen molar-refractivity contribution < 1.29 is 9.60 Å². The Morgan fingerprint density at radius 3 is 2.79 bits per heavy atom. The van der Waals surface area contributed by atoms with Gasteiger partial charge >= 0.3 is 0 Å². The van der Waals surface area contributed by atoms with Crippen LogP contribution < -0.4 is 5.73 Å². The first-order valence-corrected chi connectivity index (χ1v) is 6.46. The van der Waals surface area contributed by atoms with E-state index in [2.05, 4.69) is 10.1 Å². The molecule has 0 fully saturated rings. The number of nitrogens with zero attached hydrogens (tertiary/aromatic N) is 2. The summed E-state index contributed by atoms with van der Waals surface area (Å²) in [4.78, 5) is 2.08. The van der Waals surface area contributed by atoms with E-state index in [-0.39, 0.29) is 17.7 Å². The average molecular weight is 288 g/mol. The Morgan fingerprint density at radius 2 is 2.21 bits per heavy atom. The standard InChI is InChI=1S/C13H19ClFN3O/c1-9(2)18(6-5-13(16)17-19)8-10-7-11(15)3-4-12(10)14/h3-4,7,9,19H,5-6,8H2,1-2H3,(H2,16,17). The molecule has 0 saturated carbocycles. The van der Waals surface area contributed by atoms with Crippen LogP contribution in [0, 0.1) is 5.82 Å². The van der Waals surface area contributed by atoms with Crippen LogP contribution in [-0.2, 0) is 6.54 Å². The van der Waals surface area contributed by atoms with Crippen LogP contribution in [0.4, 0.5) is 4.39 Å². The third kappa shape index (κ3) is 5.04. The van der Waals surface area contributed by atoms with E-state index >= 15 is 0 Å². The van der Waals surface area contributed by atoms with Crippen molar-refractivity contribution in [1.29, 1.82) is 0 Å². The Bertz CT molecular complexity index is 452. The minimum Gasteiger partial charge on any atom is -0.409 e. The van der Waals surface area contributed by atoms with Gasteiger partial charge in [0.1, 0.15) is 11.7 Å². The molecule has 0 radical (unpaired) electrons. The predicted molar refractivity (Wildman–Crippen MR) is 75.0 cm³/mol. The fraction of sp³-hybridized carbons (Fsp3) is 0.462. The molecule has 0 bridgehead atoms. The predicted octanol–water partition coefficient (Wildman–Crippen LogP) is 2.83. The topological polar surface area (TPSA) is 61.8 Å². The van der Waals surface area contributed by atoms with Crippen molar-refractivity contribution in [3.05, 3.63) is 34.6 Å². The van der Waals surface area contributed by atoms with E-state index in [1.807, 2.05) is 13.8 Å². The largest absolute Gasteiger partial charge is 0.409 e. The Hall–Kier alpha value is -1.33. The summed E-state index contributed by atoms with van der Waals surface area (Å²) in [5.41, 5.74) is 6.19. The summed E-state index contributed by atoms with van der Waals surface area (Å²) in [5, 5.41) is 12.0. The van der Waals surface area contributed by atoms with Crippen LogP contribution in [0.5, 0.6) is 0 Å². The maximum absolute atomic E-state index is 13.2. The monoisotopic (exact) mass is 287 g/mol. The van der Waals surface area contributed by atoms with Gasteiger partial charge in [0.15, 0.2) is 0 Å². The lowest BCUT2D eigenvalue weighted by Crippen LogP contribution is -2.33. The molecule has 106 valence electrons. The lowest BCUT2D eigenvalue weighted by atomic mass is 10.1. The van der Waals surface area contributed by atoms with E-state index in [0.29, 0.717) is 24.5 Å². The molecule has 19 heavy (non-hydrogen) atoms. The molecule has 3 N–H and O–H groups in total. The Balaban J connectivity index is 2.75. The van der Waals surface area contributed by atoms with Gasteiger partial charge in [-0.05, 0) is 37.6 Å². The third-order valence-corrected chi connectivity index (χ3v) is 3.26. The molecule has 6 heteroatoms. The summed E-state index contributed by atoms with van der Waals surface area (Å²) in [6, 6.07) is 4.56. The molecule has 0 heterocycles. The van der Waals surface area contributed by atoms with E-state index < -0.39 is 0 Å². The van der Waals surface area contributed by atoms with Gasteiger partial charge in [0.25, 0.3) is 0 Å². The minimum atomic E-state index is -0.306. The van der Waals surface area contributed by atoms with Gasteiger partial charge in [0, 0.05) is 30.6 Å². The smallest absolute Gasteiger partial charge is 0.140 e. The zero-order valence-corrected chi connectivity index (χ0v) is 11.9. The molecule has 0 aliphatic heterocycles. The van der Waals surface area contributed by atoms with Crippen molar-refractivity contribution in [2.75, 3.05) is 6.54 Å². The van der Waals surface area contributed by atoms with E-state index in [1.54, 1.807) is 6.07 Å². The highest BCUT2D eigenvalue weighted by Gasteiger charge is 2.13. The van der Waals surface area contributed by atoms with Gasteiger partial charge in [0.05, 0.1) is 0 Å². The van der Waals surface area contributed by atoms with Gasteiger partial charge in [-0.15, -0.1) is 0 Å². The number of amidine groups is 1. The number of halogens is 2. The highest BCUT2D eigenvalue weighted by atomic mass is 35.5. The highest BCUT2D eigenvalue weighted by Crippen LogP contribution is 2.20. The second-order valence-electron chi connectivity index (χ2n) is 4.64. The number of hydrogen-bond acceptors (Lipinski definition) is 3. The Labute approximate surface area is 117 Å². The first kappa shape index (κ1) is 15.7. The average Bonchev–Trinajstić information content (AvgIpc) is 2.37. The van der Waals surface area contributed by atoms with Gasteiger partial charge in [-0.25, -0.2) is 4.39 Å². The van der Waals surface area contributed by atoms with Crippen molar-refractivity contribution in [3.8, 4) is 0 Å². The number of oxime groups is 1. The lowest BCUT2D eigenvalue weighted by Gasteiger charge is -2.26. The van der Waals surface area contributed by atoms with Gasteiger partial charge in [-0.1, -0.05) is 16.8 Å². The van der Waals surface area contributed by atoms with Crippen molar-refractivity contribution in [1.82, 2.24) is 4.90 Å². The van der Waals surface area contributed by atoms with E-state index in [1.165, 1.54) is 12.1 Å². The van der Waals surface area contributed by atoms with Crippen LogP contribution in [0.2, 0.25) is 5.02 Å². The number of benzene rings is 1. The fourth-order valence-electron chi connectivity index (χ4n) is 1.71. The Kier molecular flexibility index (Phi) is 6.05. The minimum absolute atomic E-state index is 0.177. The molecule has 0 aliphatic rings. The third-order valence-electron chi connectivity index (χ3n) is 2.90. The van der Waals surface area contributed by atoms with Crippen molar-refractivity contribution in [2.24, 2.45) is 10.9 Å². The quantitative estimate of drug-likeness (QED) is 0.366. The van der Waals surface area contributed by atoms with Crippen LogP contribution in [0.3, 0.4) is 0 Å². The fourth-order valence-corrected chi connectivity index (χ4v) is 1.89. The molecule has 0 atom stereocenters. The van der Waals surface area contributed by atoms with Crippen LogP contribution >= 0.6 is 11.6 Å².